The SMILES string of the molecule is c1cc(-c2csc(CN3CCN4CCC3CC4)c2)ccn1. The summed E-state index contributed by atoms with van der Waals surface area (Å²) in [5, 5.41) is 2.28. The van der Waals surface area contributed by atoms with E-state index in [1.807, 2.05) is 23.7 Å². The molecular weight excluding hydrogens is 278 g/mol. The third kappa shape index (κ3) is 2.89. The highest BCUT2D eigenvalue weighted by Gasteiger charge is 2.28. The standard InChI is InChI=1S/C17H21N3S/c1-5-18-6-2-14(1)15-11-17(21-13-15)12-20-10-9-19-7-3-16(20)4-8-19/h1-2,5-6,11,13,16H,3-4,7-10,12H2. The fourth-order valence-corrected chi connectivity index (χ4v) is 4.45. The molecule has 3 aliphatic heterocycles. The van der Waals surface area contributed by atoms with Gasteiger partial charge in [0.25, 0.3) is 0 Å². The number of pyridine rings is 1. The summed E-state index contributed by atoms with van der Waals surface area (Å²) in [6.07, 6.45) is 6.44. The van der Waals surface area contributed by atoms with Crippen LogP contribution < -0.4 is 0 Å². The lowest BCUT2D eigenvalue weighted by atomic mass is 10.1. The quantitative estimate of drug-likeness (QED) is 0.868. The zero-order valence-electron chi connectivity index (χ0n) is 12.2. The maximum Gasteiger partial charge on any atom is 0.0331 e. The highest BCUT2D eigenvalue weighted by Crippen LogP contribution is 2.28. The summed E-state index contributed by atoms with van der Waals surface area (Å²) in [7, 11) is 0. The minimum absolute atomic E-state index is 0.801. The van der Waals surface area contributed by atoms with Gasteiger partial charge in [-0.3, -0.25) is 9.88 Å². The van der Waals surface area contributed by atoms with Gasteiger partial charge in [0.15, 0.2) is 0 Å². The Balaban J connectivity index is 1.49. The van der Waals surface area contributed by atoms with Crippen LogP contribution in [0.5, 0.6) is 0 Å². The maximum atomic E-state index is 4.10. The van der Waals surface area contributed by atoms with E-state index in [0.29, 0.717) is 0 Å². The third-order valence-electron chi connectivity index (χ3n) is 4.80. The molecule has 3 nitrogen and oxygen atoms in total. The largest absolute Gasteiger partial charge is 0.302 e. The van der Waals surface area contributed by atoms with Crippen molar-refractivity contribution in [3.8, 4) is 11.1 Å². The molecule has 110 valence electrons. The van der Waals surface area contributed by atoms with Gasteiger partial charge in [-0.05, 0) is 60.6 Å². The molecule has 5 heterocycles. The average Bonchev–Trinajstić information content (AvgIpc) is 2.84. The summed E-state index contributed by atoms with van der Waals surface area (Å²) in [4.78, 5) is 10.9. The highest BCUT2D eigenvalue weighted by atomic mass is 32.1. The molecule has 21 heavy (non-hydrogen) atoms. The van der Waals surface area contributed by atoms with E-state index in [-0.39, 0.29) is 0 Å². The first-order chi connectivity index (χ1) is 10.4. The Morgan fingerprint density at radius 1 is 1.05 bits per heavy atom. The summed E-state index contributed by atoms with van der Waals surface area (Å²) in [5.74, 6) is 0. The summed E-state index contributed by atoms with van der Waals surface area (Å²) in [6.45, 7) is 6.20. The Kier molecular flexibility index (Phi) is 3.76. The molecule has 2 bridgehead atoms. The first-order valence-corrected chi connectivity index (χ1v) is 8.71. The molecule has 0 saturated carbocycles. The molecule has 3 saturated heterocycles. The van der Waals surface area contributed by atoms with Crippen LogP contribution in [0, 0.1) is 0 Å². The van der Waals surface area contributed by atoms with E-state index in [0.717, 1.165) is 12.6 Å². The fraction of sp³-hybridized carbons (Fsp3) is 0.471. The smallest absolute Gasteiger partial charge is 0.0331 e. The predicted molar refractivity (Wildman–Crippen MR) is 87.4 cm³/mol. The lowest BCUT2D eigenvalue weighted by Gasteiger charge is -2.31. The number of rotatable bonds is 3. The van der Waals surface area contributed by atoms with Crippen LogP contribution in [0.25, 0.3) is 11.1 Å². The first-order valence-electron chi connectivity index (χ1n) is 7.83. The van der Waals surface area contributed by atoms with E-state index >= 15 is 0 Å². The normalized spacial score (nSPS) is 25.9. The minimum atomic E-state index is 0.801. The zero-order chi connectivity index (χ0) is 14.1. The van der Waals surface area contributed by atoms with E-state index in [4.69, 9.17) is 0 Å². The van der Waals surface area contributed by atoms with Crippen molar-refractivity contribution in [3.05, 3.63) is 40.8 Å². The Bertz CT molecular complexity index is 587. The van der Waals surface area contributed by atoms with E-state index in [9.17, 15) is 0 Å². The van der Waals surface area contributed by atoms with Crippen LogP contribution >= 0.6 is 11.3 Å². The number of fused-ring (bicyclic) bond motifs is 4. The van der Waals surface area contributed by atoms with Crippen molar-refractivity contribution in [2.75, 3.05) is 26.2 Å². The second kappa shape index (κ2) is 5.87. The number of thiophene rings is 1. The minimum Gasteiger partial charge on any atom is -0.302 e. The predicted octanol–water partition coefficient (Wildman–Crippen LogP) is 3.09. The first kappa shape index (κ1) is 13.4. The summed E-state index contributed by atoms with van der Waals surface area (Å²) in [5.41, 5.74) is 2.61. The summed E-state index contributed by atoms with van der Waals surface area (Å²) in [6, 6.07) is 7.34. The molecule has 0 aliphatic carbocycles. The van der Waals surface area contributed by atoms with Crippen molar-refractivity contribution >= 4 is 11.3 Å². The third-order valence-corrected chi connectivity index (χ3v) is 5.72. The monoisotopic (exact) mass is 299 g/mol. The van der Waals surface area contributed by atoms with Crippen LogP contribution in [0.2, 0.25) is 0 Å². The Labute approximate surface area is 130 Å². The zero-order valence-corrected chi connectivity index (χ0v) is 13.1. The molecule has 0 unspecified atom stereocenters. The van der Waals surface area contributed by atoms with Gasteiger partial charge < -0.3 is 4.90 Å². The van der Waals surface area contributed by atoms with Crippen molar-refractivity contribution in [1.29, 1.82) is 0 Å². The second-order valence-electron chi connectivity index (χ2n) is 6.08. The van der Waals surface area contributed by atoms with Gasteiger partial charge in [0.05, 0.1) is 0 Å². The van der Waals surface area contributed by atoms with Gasteiger partial charge in [-0.1, -0.05) is 0 Å². The van der Waals surface area contributed by atoms with Crippen LogP contribution in [-0.2, 0) is 6.54 Å². The molecule has 0 radical (unpaired) electrons. The number of piperidine rings is 1. The molecule has 2 aromatic rings. The topological polar surface area (TPSA) is 19.4 Å². The van der Waals surface area contributed by atoms with Crippen LogP contribution in [0.15, 0.2) is 36.0 Å². The van der Waals surface area contributed by atoms with E-state index < -0.39 is 0 Å². The highest BCUT2D eigenvalue weighted by molar-refractivity contribution is 7.10. The van der Waals surface area contributed by atoms with Gasteiger partial charge in [-0.2, -0.15) is 0 Å². The molecule has 4 heteroatoms. The number of aromatic nitrogens is 1. The molecule has 0 atom stereocenters. The molecule has 0 aromatic carbocycles. The molecule has 2 aromatic heterocycles. The lowest BCUT2D eigenvalue weighted by molar-refractivity contribution is 0.178. The van der Waals surface area contributed by atoms with Crippen LogP contribution in [0.4, 0.5) is 0 Å². The molecule has 0 spiro atoms. The Morgan fingerprint density at radius 2 is 1.86 bits per heavy atom. The summed E-state index contributed by atoms with van der Waals surface area (Å²) >= 11 is 1.90. The molecule has 3 fully saturated rings. The van der Waals surface area contributed by atoms with E-state index in [1.54, 1.807) is 0 Å². The van der Waals surface area contributed by atoms with Gasteiger partial charge in [0.2, 0.25) is 0 Å². The molecule has 0 N–H and O–H groups in total. The van der Waals surface area contributed by atoms with Crippen molar-refractivity contribution in [2.45, 2.75) is 25.4 Å². The number of hydrogen-bond donors (Lipinski definition) is 0. The van der Waals surface area contributed by atoms with Gasteiger partial charge in [0, 0.05) is 42.9 Å². The van der Waals surface area contributed by atoms with Crippen LogP contribution in [0.1, 0.15) is 17.7 Å². The average molecular weight is 299 g/mol. The van der Waals surface area contributed by atoms with Crippen LogP contribution in [-0.4, -0.2) is 47.0 Å². The van der Waals surface area contributed by atoms with Gasteiger partial charge in [0.1, 0.15) is 0 Å². The number of hydrogen-bond acceptors (Lipinski definition) is 4. The van der Waals surface area contributed by atoms with Gasteiger partial charge >= 0.3 is 0 Å². The fourth-order valence-electron chi connectivity index (χ4n) is 3.53. The molecule has 3 aliphatic rings. The summed E-state index contributed by atoms with van der Waals surface area (Å²) < 4.78 is 0. The lowest BCUT2D eigenvalue weighted by Crippen LogP contribution is -2.37. The van der Waals surface area contributed by atoms with Crippen molar-refractivity contribution < 1.29 is 0 Å². The Morgan fingerprint density at radius 3 is 2.67 bits per heavy atom. The van der Waals surface area contributed by atoms with Crippen molar-refractivity contribution in [1.82, 2.24) is 14.8 Å². The van der Waals surface area contributed by atoms with Crippen molar-refractivity contribution in [2.24, 2.45) is 0 Å². The van der Waals surface area contributed by atoms with Gasteiger partial charge in [-0.15, -0.1) is 11.3 Å². The molecular formula is C17H21N3S. The second-order valence-corrected chi connectivity index (χ2v) is 7.08. The number of nitrogens with zero attached hydrogens (tertiary/aromatic N) is 3. The van der Waals surface area contributed by atoms with Crippen molar-refractivity contribution in [3.63, 3.8) is 0 Å². The van der Waals surface area contributed by atoms with Gasteiger partial charge in [-0.25, -0.2) is 0 Å². The Hall–Kier alpha value is -1.23. The van der Waals surface area contributed by atoms with Crippen LogP contribution in [0.3, 0.4) is 0 Å². The van der Waals surface area contributed by atoms with E-state index in [1.165, 1.54) is 55.0 Å². The van der Waals surface area contributed by atoms with E-state index in [2.05, 4.69) is 38.4 Å². The maximum absolute atomic E-state index is 4.10. The molecule has 5 rings (SSSR count). The molecule has 0 amide bonds.